The van der Waals surface area contributed by atoms with Gasteiger partial charge >= 0.3 is 0 Å². The Balaban J connectivity index is 2.28. The number of alkyl halides is 1. The molecule has 1 heterocycles. The summed E-state index contributed by atoms with van der Waals surface area (Å²) in [6.45, 7) is 0. The highest BCUT2D eigenvalue weighted by Crippen LogP contribution is 2.27. The summed E-state index contributed by atoms with van der Waals surface area (Å²) in [5, 5.41) is 0.679. The predicted molar refractivity (Wildman–Crippen MR) is 82.2 cm³/mol. The lowest BCUT2D eigenvalue weighted by Gasteiger charge is -2.08. The van der Waals surface area contributed by atoms with E-state index in [0.29, 0.717) is 10.9 Å². The molecule has 0 radical (unpaired) electrons. The molecule has 3 nitrogen and oxygen atoms in total. The van der Waals surface area contributed by atoms with Crippen LogP contribution < -0.4 is 4.74 Å². The van der Waals surface area contributed by atoms with Gasteiger partial charge in [0.2, 0.25) is 0 Å². The van der Waals surface area contributed by atoms with Crippen LogP contribution in [0.1, 0.15) is 5.82 Å². The third kappa shape index (κ3) is 2.23. The fraction of sp³-hybridized carbons (Fsp3) is 0.133. The molecule has 0 bridgehead atoms. The minimum absolute atomic E-state index is 0.323. The number of aromatic nitrogens is 2. The van der Waals surface area contributed by atoms with Crippen LogP contribution in [0, 0.1) is 0 Å². The number of rotatable bonds is 3. The van der Waals surface area contributed by atoms with Gasteiger partial charge in [-0.15, -0.1) is 11.6 Å². The average Bonchev–Trinajstić information content (AvgIpc) is 2.84. The monoisotopic (exact) mass is 306 g/mol. The van der Waals surface area contributed by atoms with Crippen LogP contribution in [0.25, 0.3) is 16.7 Å². The summed E-state index contributed by atoms with van der Waals surface area (Å²) < 4.78 is 7.23. The largest absolute Gasteiger partial charge is 0.497 e. The summed E-state index contributed by atoms with van der Waals surface area (Å²) >= 11 is 12.1. The van der Waals surface area contributed by atoms with Crippen molar-refractivity contribution in [1.29, 1.82) is 0 Å². The fourth-order valence-electron chi connectivity index (χ4n) is 2.23. The maximum absolute atomic E-state index is 6.07. The number of ether oxygens (including phenoxy) is 1. The number of hydrogen-bond acceptors (Lipinski definition) is 2. The number of imidazole rings is 1. The molecule has 0 aliphatic carbocycles. The molecular formula is C15H12Cl2N2O. The fourth-order valence-corrected chi connectivity index (χ4v) is 2.59. The standard InChI is InChI=1S/C15H12Cl2N2O/c1-20-12-5-6-14-13(8-12)18-15(9-16)19(14)11-4-2-3-10(17)7-11/h2-8H,9H2,1H3. The molecule has 0 saturated heterocycles. The zero-order valence-corrected chi connectivity index (χ0v) is 12.3. The highest BCUT2D eigenvalue weighted by atomic mass is 35.5. The van der Waals surface area contributed by atoms with Crippen molar-refractivity contribution < 1.29 is 4.74 Å². The number of fused-ring (bicyclic) bond motifs is 1. The molecule has 0 aliphatic rings. The Kier molecular flexibility index (Phi) is 3.55. The van der Waals surface area contributed by atoms with E-state index in [1.54, 1.807) is 7.11 Å². The number of nitrogens with zero attached hydrogens (tertiary/aromatic N) is 2. The maximum atomic E-state index is 6.07. The highest BCUT2D eigenvalue weighted by molar-refractivity contribution is 6.30. The van der Waals surface area contributed by atoms with E-state index in [9.17, 15) is 0 Å². The lowest BCUT2D eigenvalue weighted by atomic mass is 10.2. The molecule has 0 fully saturated rings. The van der Waals surface area contributed by atoms with Crippen LogP contribution in [0.2, 0.25) is 5.02 Å². The van der Waals surface area contributed by atoms with Gasteiger partial charge in [-0.05, 0) is 30.3 Å². The van der Waals surface area contributed by atoms with E-state index < -0.39 is 0 Å². The molecule has 0 N–H and O–H groups in total. The van der Waals surface area contributed by atoms with Gasteiger partial charge in [-0.25, -0.2) is 4.98 Å². The van der Waals surface area contributed by atoms with Crippen molar-refractivity contribution >= 4 is 34.2 Å². The van der Waals surface area contributed by atoms with Gasteiger partial charge in [-0.3, -0.25) is 4.57 Å². The number of hydrogen-bond donors (Lipinski definition) is 0. The van der Waals surface area contributed by atoms with Crippen LogP contribution in [-0.4, -0.2) is 16.7 Å². The number of halogens is 2. The first-order chi connectivity index (χ1) is 9.72. The van der Waals surface area contributed by atoms with Gasteiger partial charge in [-0.2, -0.15) is 0 Å². The normalized spacial score (nSPS) is 10.9. The Bertz CT molecular complexity index is 768. The summed E-state index contributed by atoms with van der Waals surface area (Å²) in [6, 6.07) is 13.4. The van der Waals surface area contributed by atoms with Crippen molar-refractivity contribution in [3.63, 3.8) is 0 Å². The van der Waals surface area contributed by atoms with Crippen LogP contribution in [0.5, 0.6) is 5.75 Å². The van der Waals surface area contributed by atoms with E-state index in [1.165, 1.54) is 0 Å². The Morgan fingerprint density at radius 3 is 2.75 bits per heavy atom. The smallest absolute Gasteiger partial charge is 0.129 e. The zero-order valence-electron chi connectivity index (χ0n) is 10.8. The van der Waals surface area contributed by atoms with Crippen molar-refractivity contribution in [3.8, 4) is 11.4 Å². The topological polar surface area (TPSA) is 27.1 Å². The molecule has 0 aliphatic heterocycles. The first-order valence-corrected chi connectivity index (χ1v) is 7.01. The summed E-state index contributed by atoms with van der Waals surface area (Å²) in [4.78, 5) is 4.55. The summed E-state index contributed by atoms with van der Waals surface area (Å²) in [6.07, 6.45) is 0. The summed E-state index contributed by atoms with van der Waals surface area (Å²) in [5.74, 6) is 1.87. The SMILES string of the molecule is COc1ccc2c(c1)nc(CCl)n2-c1cccc(Cl)c1. The van der Waals surface area contributed by atoms with Gasteiger partial charge < -0.3 is 4.74 Å². The van der Waals surface area contributed by atoms with E-state index >= 15 is 0 Å². The Labute approximate surface area is 126 Å². The molecule has 102 valence electrons. The molecule has 0 spiro atoms. The molecule has 0 atom stereocenters. The van der Waals surface area contributed by atoms with Crippen molar-refractivity contribution in [2.24, 2.45) is 0 Å². The predicted octanol–water partition coefficient (Wildman–Crippen LogP) is 4.43. The Hall–Kier alpha value is -1.71. The molecular weight excluding hydrogens is 295 g/mol. The lowest BCUT2D eigenvalue weighted by Crippen LogP contribution is -1.98. The quantitative estimate of drug-likeness (QED) is 0.669. The van der Waals surface area contributed by atoms with Crippen LogP contribution >= 0.6 is 23.2 Å². The van der Waals surface area contributed by atoms with Crippen molar-refractivity contribution in [1.82, 2.24) is 9.55 Å². The van der Waals surface area contributed by atoms with Gasteiger partial charge in [0.05, 0.1) is 24.0 Å². The molecule has 0 amide bonds. The number of benzene rings is 2. The van der Waals surface area contributed by atoms with Crippen LogP contribution in [-0.2, 0) is 5.88 Å². The molecule has 3 rings (SSSR count). The first-order valence-electron chi connectivity index (χ1n) is 6.10. The molecule has 1 aromatic heterocycles. The van der Waals surface area contributed by atoms with Gasteiger partial charge in [0.25, 0.3) is 0 Å². The maximum Gasteiger partial charge on any atom is 0.129 e. The van der Waals surface area contributed by atoms with Crippen LogP contribution in [0.4, 0.5) is 0 Å². The van der Waals surface area contributed by atoms with Crippen LogP contribution in [0.3, 0.4) is 0 Å². The third-order valence-electron chi connectivity index (χ3n) is 3.12. The van der Waals surface area contributed by atoms with E-state index in [0.717, 1.165) is 28.3 Å². The molecule has 3 aromatic rings. The van der Waals surface area contributed by atoms with Crippen LogP contribution in [0.15, 0.2) is 42.5 Å². The first kappa shape index (κ1) is 13.3. The van der Waals surface area contributed by atoms with Gasteiger partial charge in [-0.1, -0.05) is 17.7 Å². The Morgan fingerprint density at radius 1 is 1.20 bits per heavy atom. The van der Waals surface area contributed by atoms with Gasteiger partial charge in [0.15, 0.2) is 0 Å². The van der Waals surface area contributed by atoms with Gasteiger partial charge in [0, 0.05) is 16.8 Å². The second kappa shape index (κ2) is 5.35. The van der Waals surface area contributed by atoms with E-state index in [2.05, 4.69) is 4.98 Å². The second-order valence-corrected chi connectivity index (χ2v) is 5.04. The Morgan fingerprint density at radius 2 is 2.05 bits per heavy atom. The number of methoxy groups -OCH3 is 1. The molecule has 20 heavy (non-hydrogen) atoms. The minimum atomic E-state index is 0.323. The van der Waals surface area contributed by atoms with Crippen molar-refractivity contribution in [2.75, 3.05) is 7.11 Å². The lowest BCUT2D eigenvalue weighted by molar-refractivity contribution is 0.415. The third-order valence-corrected chi connectivity index (χ3v) is 3.59. The molecule has 0 unspecified atom stereocenters. The van der Waals surface area contributed by atoms with Crippen molar-refractivity contribution in [2.45, 2.75) is 5.88 Å². The molecule has 2 aromatic carbocycles. The second-order valence-electron chi connectivity index (χ2n) is 4.33. The average molecular weight is 307 g/mol. The van der Waals surface area contributed by atoms with E-state index in [-0.39, 0.29) is 0 Å². The van der Waals surface area contributed by atoms with Gasteiger partial charge in [0.1, 0.15) is 11.6 Å². The zero-order chi connectivity index (χ0) is 14.1. The highest BCUT2D eigenvalue weighted by Gasteiger charge is 2.12. The molecule has 5 heteroatoms. The summed E-state index contributed by atoms with van der Waals surface area (Å²) in [7, 11) is 1.64. The minimum Gasteiger partial charge on any atom is -0.497 e. The summed E-state index contributed by atoms with van der Waals surface area (Å²) in [5.41, 5.74) is 2.77. The van der Waals surface area contributed by atoms with E-state index in [1.807, 2.05) is 47.0 Å². The van der Waals surface area contributed by atoms with E-state index in [4.69, 9.17) is 27.9 Å². The molecule has 0 saturated carbocycles. The van der Waals surface area contributed by atoms with Crippen molar-refractivity contribution in [3.05, 3.63) is 53.3 Å².